The number of nitrogens with zero attached hydrogens (tertiary/aromatic N) is 3. The number of fused-ring (bicyclic) bond motifs is 3. The van der Waals surface area contributed by atoms with Crippen LogP contribution in [0.1, 0.15) is 11.1 Å². The van der Waals surface area contributed by atoms with Gasteiger partial charge < -0.3 is 4.57 Å². The molecule has 5 rings (SSSR count). The molecule has 0 aliphatic carbocycles. The number of benzene rings is 4. The average molecular weight is 433 g/mol. The standard InChI is InChI=1S/C26H15N3O4/c30-28(31)23-10-4-1-7-18(23)13-14-19-15-16-20(17-26(19)29(32)33)27-24-11-5-2-8-21(24)22-9-3-6-12-25(22)27/h1-12,15-17H. The van der Waals surface area contributed by atoms with Gasteiger partial charge in [-0.3, -0.25) is 20.2 Å². The van der Waals surface area contributed by atoms with Crippen LogP contribution in [0.4, 0.5) is 11.4 Å². The van der Waals surface area contributed by atoms with E-state index in [0.29, 0.717) is 5.69 Å². The molecule has 1 aromatic heterocycles. The van der Waals surface area contributed by atoms with Gasteiger partial charge in [-0.25, -0.2) is 0 Å². The first-order valence-electron chi connectivity index (χ1n) is 10.1. The van der Waals surface area contributed by atoms with Crippen molar-refractivity contribution in [3.63, 3.8) is 0 Å². The van der Waals surface area contributed by atoms with Crippen molar-refractivity contribution >= 4 is 33.2 Å². The Bertz CT molecular complexity index is 1590. The fourth-order valence-corrected chi connectivity index (χ4v) is 3.99. The molecule has 0 spiro atoms. The van der Waals surface area contributed by atoms with Gasteiger partial charge in [-0.05, 0) is 30.3 Å². The van der Waals surface area contributed by atoms with Crippen LogP contribution in [0, 0.1) is 32.1 Å². The molecule has 158 valence electrons. The summed E-state index contributed by atoms with van der Waals surface area (Å²) >= 11 is 0. The van der Waals surface area contributed by atoms with E-state index in [0.717, 1.165) is 21.8 Å². The largest absolute Gasteiger partial charge is 0.309 e. The van der Waals surface area contributed by atoms with Crippen molar-refractivity contribution in [2.45, 2.75) is 0 Å². The van der Waals surface area contributed by atoms with Crippen LogP contribution in [-0.2, 0) is 0 Å². The lowest BCUT2D eigenvalue weighted by atomic mass is 10.1. The second kappa shape index (κ2) is 7.94. The van der Waals surface area contributed by atoms with Gasteiger partial charge in [0.05, 0.1) is 26.6 Å². The molecule has 0 unspecified atom stereocenters. The number of hydrogen-bond donors (Lipinski definition) is 0. The Labute approximate surface area is 187 Å². The molecule has 0 N–H and O–H groups in total. The van der Waals surface area contributed by atoms with Crippen LogP contribution < -0.4 is 0 Å². The summed E-state index contributed by atoms with van der Waals surface area (Å²) in [7, 11) is 0. The van der Waals surface area contributed by atoms with Gasteiger partial charge in [0.15, 0.2) is 0 Å². The highest BCUT2D eigenvalue weighted by molar-refractivity contribution is 6.09. The Balaban J connectivity index is 1.68. The summed E-state index contributed by atoms with van der Waals surface area (Å²) in [5.41, 5.74) is 2.58. The monoisotopic (exact) mass is 433 g/mol. The highest BCUT2D eigenvalue weighted by atomic mass is 16.6. The molecule has 33 heavy (non-hydrogen) atoms. The van der Waals surface area contributed by atoms with Gasteiger partial charge in [0, 0.05) is 22.9 Å². The molecule has 7 nitrogen and oxygen atoms in total. The maximum absolute atomic E-state index is 11.9. The molecule has 0 saturated carbocycles. The molecule has 0 aliphatic heterocycles. The normalized spacial score (nSPS) is 10.7. The molecular weight excluding hydrogens is 418 g/mol. The van der Waals surface area contributed by atoms with E-state index in [9.17, 15) is 20.2 Å². The summed E-state index contributed by atoms with van der Waals surface area (Å²) in [5.74, 6) is 5.46. The molecule has 0 fully saturated rings. The number of nitro groups is 2. The van der Waals surface area contributed by atoms with E-state index in [1.165, 1.54) is 18.2 Å². The fourth-order valence-electron chi connectivity index (χ4n) is 3.99. The van der Waals surface area contributed by atoms with Crippen molar-refractivity contribution < 1.29 is 9.85 Å². The molecule has 0 atom stereocenters. The molecular formula is C26H15N3O4. The van der Waals surface area contributed by atoms with Gasteiger partial charge in [-0.15, -0.1) is 0 Å². The minimum Gasteiger partial charge on any atom is -0.309 e. The number of aromatic nitrogens is 1. The Kier molecular flexibility index (Phi) is 4.81. The SMILES string of the molecule is O=[N+]([O-])c1ccccc1C#Cc1ccc(-n2c3ccccc3c3ccccc32)cc1[N+](=O)[O-]. The first-order chi connectivity index (χ1) is 16.0. The van der Waals surface area contributed by atoms with Gasteiger partial charge in [0.1, 0.15) is 11.1 Å². The van der Waals surface area contributed by atoms with E-state index in [1.807, 2.05) is 53.1 Å². The molecule has 0 saturated heterocycles. The van der Waals surface area contributed by atoms with Gasteiger partial charge in [-0.2, -0.15) is 0 Å². The lowest BCUT2D eigenvalue weighted by Crippen LogP contribution is -1.98. The van der Waals surface area contributed by atoms with E-state index in [-0.39, 0.29) is 22.5 Å². The Morgan fingerprint density at radius 2 is 1.12 bits per heavy atom. The summed E-state index contributed by atoms with van der Waals surface area (Å²) < 4.78 is 1.98. The number of rotatable bonds is 3. The molecule has 0 aliphatic rings. The Morgan fingerprint density at radius 3 is 1.73 bits per heavy atom. The van der Waals surface area contributed by atoms with Crippen molar-refractivity contribution in [1.29, 1.82) is 0 Å². The lowest BCUT2D eigenvalue weighted by Gasteiger charge is -2.08. The highest BCUT2D eigenvalue weighted by Gasteiger charge is 2.18. The number of hydrogen-bond acceptors (Lipinski definition) is 4. The van der Waals surface area contributed by atoms with Gasteiger partial charge >= 0.3 is 0 Å². The van der Waals surface area contributed by atoms with Crippen LogP contribution in [0.15, 0.2) is 91.0 Å². The van der Waals surface area contributed by atoms with Crippen molar-refractivity contribution in [2.24, 2.45) is 0 Å². The second-order valence-corrected chi connectivity index (χ2v) is 7.35. The first kappa shape index (κ1) is 20.0. The zero-order valence-corrected chi connectivity index (χ0v) is 17.1. The van der Waals surface area contributed by atoms with Crippen LogP contribution in [0.3, 0.4) is 0 Å². The minimum absolute atomic E-state index is 0.144. The number of para-hydroxylation sites is 3. The van der Waals surface area contributed by atoms with Crippen molar-refractivity contribution in [1.82, 2.24) is 4.57 Å². The van der Waals surface area contributed by atoms with E-state index in [1.54, 1.807) is 24.3 Å². The summed E-state index contributed by atoms with van der Waals surface area (Å²) in [6.45, 7) is 0. The van der Waals surface area contributed by atoms with Crippen molar-refractivity contribution in [3.05, 3.63) is 122 Å². The van der Waals surface area contributed by atoms with E-state index in [2.05, 4.69) is 11.8 Å². The lowest BCUT2D eigenvalue weighted by molar-refractivity contribution is -0.385. The van der Waals surface area contributed by atoms with E-state index >= 15 is 0 Å². The van der Waals surface area contributed by atoms with E-state index < -0.39 is 9.85 Å². The van der Waals surface area contributed by atoms with Crippen molar-refractivity contribution in [2.75, 3.05) is 0 Å². The zero-order chi connectivity index (χ0) is 22.9. The topological polar surface area (TPSA) is 91.2 Å². The predicted octanol–water partition coefficient (Wildman–Crippen LogP) is 6.00. The van der Waals surface area contributed by atoms with Gasteiger partial charge in [0.2, 0.25) is 0 Å². The van der Waals surface area contributed by atoms with Crippen LogP contribution in [0.2, 0.25) is 0 Å². The predicted molar refractivity (Wildman–Crippen MR) is 127 cm³/mol. The maximum atomic E-state index is 11.9. The minimum atomic E-state index is -0.524. The summed E-state index contributed by atoms with van der Waals surface area (Å²) in [4.78, 5) is 22.1. The Hall–Kier alpha value is -4.96. The summed E-state index contributed by atoms with van der Waals surface area (Å²) in [6, 6.07) is 26.7. The van der Waals surface area contributed by atoms with E-state index in [4.69, 9.17) is 0 Å². The molecule has 0 bridgehead atoms. The molecule has 4 aromatic carbocycles. The quantitative estimate of drug-likeness (QED) is 0.198. The second-order valence-electron chi connectivity index (χ2n) is 7.35. The highest BCUT2D eigenvalue weighted by Crippen LogP contribution is 2.33. The Morgan fingerprint density at radius 1 is 0.606 bits per heavy atom. The first-order valence-corrected chi connectivity index (χ1v) is 10.1. The molecule has 0 radical (unpaired) electrons. The van der Waals surface area contributed by atoms with Gasteiger partial charge in [-0.1, -0.05) is 60.4 Å². The third-order valence-electron chi connectivity index (χ3n) is 5.45. The zero-order valence-electron chi connectivity index (χ0n) is 17.1. The third kappa shape index (κ3) is 3.46. The average Bonchev–Trinajstić information content (AvgIpc) is 3.17. The summed E-state index contributed by atoms with van der Waals surface area (Å²) in [5, 5.41) is 25.2. The molecule has 5 aromatic rings. The van der Waals surface area contributed by atoms with Crippen LogP contribution in [0.5, 0.6) is 0 Å². The molecule has 1 heterocycles. The maximum Gasteiger partial charge on any atom is 0.287 e. The molecule has 0 amide bonds. The van der Waals surface area contributed by atoms with Gasteiger partial charge in [0.25, 0.3) is 11.4 Å². The fraction of sp³-hybridized carbons (Fsp3) is 0. The van der Waals surface area contributed by atoms with Crippen molar-refractivity contribution in [3.8, 4) is 17.5 Å². The number of nitro benzene ring substituents is 2. The van der Waals surface area contributed by atoms with Crippen LogP contribution in [-0.4, -0.2) is 14.4 Å². The third-order valence-corrected chi connectivity index (χ3v) is 5.45. The van der Waals surface area contributed by atoms with Crippen LogP contribution >= 0.6 is 0 Å². The van der Waals surface area contributed by atoms with Crippen LogP contribution in [0.25, 0.3) is 27.5 Å². The smallest absolute Gasteiger partial charge is 0.287 e. The summed E-state index contributed by atoms with van der Waals surface area (Å²) in [6.07, 6.45) is 0. The molecule has 7 heteroatoms.